The Balaban J connectivity index is 1.76. The van der Waals surface area contributed by atoms with Crippen molar-refractivity contribution in [3.8, 4) is 6.07 Å². The predicted octanol–water partition coefficient (Wildman–Crippen LogP) is 1.31. The lowest BCUT2D eigenvalue weighted by Crippen LogP contribution is -2.30. The van der Waals surface area contributed by atoms with Gasteiger partial charge in [-0.15, -0.1) is 0 Å². The zero-order valence-electron chi connectivity index (χ0n) is 12.3. The highest BCUT2D eigenvalue weighted by Crippen LogP contribution is 2.13. The number of nitriles is 1. The van der Waals surface area contributed by atoms with Crippen LogP contribution in [0.4, 0.5) is 0 Å². The van der Waals surface area contributed by atoms with E-state index < -0.39 is 0 Å². The minimum atomic E-state index is 0.248. The summed E-state index contributed by atoms with van der Waals surface area (Å²) < 4.78 is 1.90. The van der Waals surface area contributed by atoms with E-state index in [0.29, 0.717) is 25.2 Å². The number of likely N-dealkylation sites (tertiary alicyclic amines) is 1. The molecular formula is C15H22N4O. The largest absolute Gasteiger partial charge is 0.343 e. The number of rotatable bonds is 5. The van der Waals surface area contributed by atoms with Gasteiger partial charge in [-0.05, 0) is 31.4 Å². The van der Waals surface area contributed by atoms with E-state index in [0.717, 1.165) is 37.2 Å². The average molecular weight is 274 g/mol. The van der Waals surface area contributed by atoms with E-state index in [9.17, 15) is 4.79 Å². The van der Waals surface area contributed by atoms with Crippen molar-refractivity contribution in [2.75, 3.05) is 19.6 Å². The lowest BCUT2D eigenvalue weighted by molar-refractivity contribution is -0.130. The van der Waals surface area contributed by atoms with E-state index in [1.54, 1.807) is 0 Å². The molecule has 0 unspecified atom stereocenters. The van der Waals surface area contributed by atoms with Crippen molar-refractivity contribution < 1.29 is 4.79 Å². The highest BCUT2D eigenvalue weighted by atomic mass is 16.2. The van der Waals surface area contributed by atoms with Crippen LogP contribution in [0.1, 0.15) is 36.2 Å². The quantitative estimate of drug-likeness (QED) is 0.823. The molecule has 108 valence electrons. The summed E-state index contributed by atoms with van der Waals surface area (Å²) in [4.78, 5) is 13.8. The van der Waals surface area contributed by atoms with Gasteiger partial charge in [0.15, 0.2) is 0 Å². The number of hydrogen-bond acceptors (Lipinski definition) is 3. The lowest BCUT2D eigenvalue weighted by atomic mass is 10.2. The van der Waals surface area contributed by atoms with Crippen LogP contribution in [0.3, 0.4) is 0 Å². The number of carbonyl (C=O) groups is 1. The monoisotopic (exact) mass is 274 g/mol. The van der Waals surface area contributed by atoms with Gasteiger partial charge in [0.1, 0.15) is 11.8 Å². The third kappa shape index (κ3) is 3.20. The molecular weight excluding hydrogens is 252 g/mol. The fourth-order valence-corrected chi connectivity index (χ4v) is 2.59. The second kappa shape index (κ2) is 6.58. The zero-order valence-corrected chi connectivity index (χ0v) is 12.3. The highest BCUT2D eigenvalue weighted by Gasteiger charge is 2.17. The molecule has 1 fully saturated rings. The Morgan fingerprint density at radius 3 is 2.75 bits per heavy atom. The van der Waals surface area contributed by atoms with Crippen LogP contribution in [-0.4, -0.2) is 35.0 Å². The molecule has 1 aromatic rings. The van der Waals surface area contributed by atoms with Crippen LogP contribution < -0.4 is 5.32 Å². The molecule has 5 nitrogen and oxygen atoms in total. The van der Waals surface area contributed by atoms with E-state index in [4.69, 9.17) is 5.26 Å². The number of nitrogens with one attached hydrogen (secondary N) is 1. The Labute approximate surface area is 120 Å². The summed E-state index contributed by atoms with van der Waals surface area (Å²) in [6.45, 7) is 5.23. The van der Waals surface area contributed by atoms with Gasteiger partial charge in [-0.3, -0.25) is 4.79 Å². The Morgan fingerprint density at radius 1 is 1.45 bits per heavy atom. The van der Waals surface area contributed by atoms with Gasteiger partial charge in [0.05, 0.1) is 0 Å². The summed E-state index contributed by atoms with van der Waals surface area (Å²) in [5.74, 6) is 0.248. The first-order chi connectivity index (χ1) is 9.63. The molecule has 0 aromatic carbocycles. The highest BCUT2D eigenvalue weighted by molar-refractivity contribution is 5.76. The Kier molecular flexibility index (Phi) is 4.80. The first-order valence-electron chi connectivity index (χ1n) is 7.17. The average Bonchev–Trinajstić information content (AvgIpc) is 3.06. The molecule has 0 bridgehead atoms. The molecule has 2 rings (SSSR count). The van der Waals surface area contributed by atoms with Crippen molar-refractivity contribution in [2.24, 2.45) is 7.05 Å². The van der Waals surface area contributed by atoms with Gasteiger partial charge >= 0.3 is 0 Å². The standard InChI is InChI=1S/C15H22N4O/c1-12-13(9-14(10-16)18(12)2)11-17-6-5-15(20)19-7-3-4-8-19/h9,17H,3-8,11H2,1-2H3. The molecule has 1 aliphatic rings. The van der Waals surface area contributed by atoms with E-state index in [1.165, 1.54) is 0 Å². The van der Waals surface area contributed by atoms with Crippen molar-refractivity contribution >= 4 is 5.91 Å². The fourth-order valence-electron chi connectivity index (χ4n) is 2.59. The maximum Gasteiger partial charge on any atom is 0.223 e. The number of hydrogen-bond donors (Lipinski definition) is 1. The van der Waals surface area contributed by atoms with Crippen molar-refractivity contribution in [3.63, 3.8) is 0 Å². The van der Waals surface area contributed by atoms with Crippen LogP contribution >= 0.6 is 0 Å². The zero-order chi connectivity index (χ0) is 14.5. The summed E-state index contributed by atoms with van der Waals surface area (Å²) in [6.07, 6.45) is 2.83. The van der Waals surface area contributed by atoms with Gasteiger partial charge in [-0.2, -0.15) is 5.26 Å². The second-order valence-corrected chi connectivity index (χ2v) is 5.33. The Bertz CT molecular complexity index is 521. The first kappa shape index (κ1) is 14.6. The SMILES string of the molecule is Cc1c(CNCCC(=O)N2CCCC2)cc(C#N)n1C. The normalized spacial score (nSPS) is 14.6. The van der Waals surface area contributed by atoms with E-state index in [1.807, 2.05) is 29.5 Å². The topological polar surface area (TPSA) is 61.1 Å². The van der Waals surface area contributed by atoms with Crippen molar-refractivity contribution in [3.05, 3.63) is 23.0 Å². The number of aromatic nitrogens is 1. The van der Waals surface area contributed by atoms with Crippen molar-refractivity contribution in [1.82, 2.24) is 14.8 Å². The molecule has 1 amide bonds. The maximum absolute atomic E-state index is 11.9. The molecule has 0 saturated carbocycles. The molecule has 1 N–H and O–H groups in total. The third-order valence-corrected chi connectivity index (χ3v) is 4.04. The van der Waals surface area contributed by atoms with Crippen LogP contribution in [0.5, 0.6) is 0 Å². The second-order valence-electron chi connectivity index (χ2n) is 5.33. The van der Waals surface area contributed by atoms with Gasteiger partial charge < -0.3 is 14.8 Å². The molecule has 5 heteroatoms. The molecule has 0 spiro atoms. The maximum atomic E-state index is 11.9. The molecule has 1 aliphatic heterocycles. The van der Waals surface area contributed by atoms with Crippen LogP contribution in [-0.2, 0) is 18.4 Å². The van der Waals surface area contributed by atoms with Gasteiger partial charge in [0.25, 0.3) is 0 Å². The third-order valence-electron chi connectivity index (χ3n) is 4.04. The van der Waals surface area contributed by atoms with Gasteiger partial charge in [-0.25, -0.2) is 0 Å². The summed E-state index contributed by atoms with van der Waals surface area (Å²) in [7, 11) is 1.90. The first-order valence-corrected chi connectivity index (χ1v) is 7.17. The molecule has 2 heterocycles. The van der Waals surface area contributed by atoms with Crippen molar-refractivity contribution in [1.29, 1.82) is 5.26 Å². The van der Waals surface area contributed by atoms with Crippen LogP contribution in [0.15, 0.2) is 6.07 Å². The minimum absolute atomic E-state index is 0.248. The van der Waals surface area contributed by atoms with Gasteiger partial charge in [-0.1, -0.05) is 0 Å². The summed E-state index contributed by atoms with van der Waals surface area (Å²) >= 11 is 0. The molecule has 0 atom stereocenters. The van der Waals surface area contributed by atoms with E-state index >= 15 is 0 Å². The van der Waals surface area contributed by atoms with Crippen LogP contribution in [0.2, 0.25) is 0 Å². The van der Waals surface area contributed by atoms with Crippen molar-refractivity contribution in [2.45, 2.75) is 32.7 Å². The molecule has 20 heavy (non-hydrogen) atoms. The molecule has 1 saturated heterocycles. The molecule has 0 radical (unpaired) electrons. The Morgan fingerprint density at radius 2 is 2.15 bits per heavy atom. The summed E-state index contributed by atoms with van der Waals surface area (Å²) in [6, 6.07) is 4.08. The predicted molar refractivity (Wildman–Crippen MR) is 77.0 cm³/mol. The number of amides is 1. The Hall–Kier alpha value is -1.80. The van der Waals surface area contributed by atoms with Crippen LogP contribution in [0, 0.1) is 18.3 Å². The molecule has 0 aliphatic carbocycles. The minimum Gasteiger partial charge on any atom is -0.343 e. The molecule has 1 aromatic heterocycles. The van der Waals surface area contributed by atoms with Gasteiger partial charge in [0.2, 0.25) is 5.91 Å². The van der Waals surface area contributed by atoms with E-state index in [-0.39, 0.29) is 5.91 Å². The summed E-state index contributed by atoms with van der Waals surface area (Å²) in [5.41, 5.74) is 2.89. The number of carbonyl (C=O) groups excluding carboxylic acids is 1. The van der Waals surface area contributed by atoms with E-state index in [2.05, 4.69) is 11.4 Å². The van der Waals surface area contributed by atoms with Crippen LogP contribution in [0.25, 0.3) is 0 Å². The summed E-state index contributed by atoms with van der Waals surface area (Å²) in [5, 5.41) is 12.3. The number of nitrogens with zero attached hydrogens (tertiary/aromatic N) is 3. The fraction of sp³-hybridized carbons (Fsp3) is 0.600. The lowest BCUT2D eigenvalue weighted by Gasteiger charge is -2.15. The smallest absolute Gasteiger partial charge is 0.223 e. The van der Waals surface area contributed by atoms with Gasteiger partial charge in [0, 0.05) is 45.3 Å².